The van der Waals surface area contributed by atoms with E-state index in [4.69, 9.17) is 28.6 Å². The van der Waals surface area contributed by atoms with E-state index in [1.807, 2.05) is 60.9 Å². The zero-order chi connectivity index (χ0) is 26.3. The first-order valence-electron chi connectivity index (χ1n) is 11.6. The van der Waals surface area contributed by atoms with Crippen molar-refractivity contribution >= 4 is 40.3 Å². The molecule has 2 atom stereocenters. The molecule has 1 saturated heterocycles. The van der Waals surface area contributed by atoms with Crippen LogP contribution in [0.2, 0.25) is 5.02 Å². The Morgan fingerprint density at radius 3 is 2.51 bits per heavy atom. The number of anilines is 1. The van der Waals surface area contributed by atoms with Gasteiger partial charge in [0.25, 0.3) is 5.69 Å². The molecule has 3 heterocycles. The van der Waals surface area contributed by atoms with Gasteiger partial charge in [-0.2, -0.15) is 0 Å². The summed E-state index contributed by atoms with van der Waals surface area (Å²) in [6.07, 6.45) is 1.76. The average molecular weight is 534 g/mol. The maximum Gasteiger partial charge on any atom is 0.271 e. The summed E-state index contributed by atoms with van der Waals surface area (Å²) in [5.41, 5.74) is 5.14. The molecule has 0 saturated carbocycles. The highest BCUT2D eigenvalue weighted by Gasteiger charge is 2.42. The molecule has 4 aromatic rings. The highest BCUT2D eigenvalue weighted by molar-refractivity contribution is 7.80. The van der Waals surface area contributed by atoms with Crippen molar-refractivity contribution in [1.82, 2.24) is 14.9 Å². The summed E-state index contributed by atoms with van der Waals surface area (Å²) in [6, 6.07) is 19.6. The van der Waals surface area contributed by atoms with Crippen molar-refractivity contribution in [3.8, 4) is 11.4 Å². The summed E-state index contributed by atoms with van der Waals surface area (Å²) < 4.78 is 7.56. The van der Waals surface area contributed by atoms with Crippen LogP contribution in [0.15, 0.2) is 72.9 Å². The Balaban J connectivity index is 1.70. The van der Waals surface area contributed by atoms with E-state index in [-0.39, 0.29) is 17.8 Å². The first-order valence-corrected chi connectivity index (χ1v) is 12.4. The number of non-ortho nitro benzene ring substituents is 1. The quantitative estimate of drug-likeness (QED) is 0.178. The van der Waals surface area contributed by atoms with Crippen LogP contribution in [0.5, 0.6) is 5.75 Å². The van der Waals surface area contributed by atoms with E-state index in [0.717, 1.165) is 28.3 Å². The fraction of sp³-hybridized carbons (Fsp3) is 0.185. The van der Waals surface area contributed by atoms with Gasteiger partial charge in [-0.3, -0.25) is 15.1 Å². The number of aromatic nitrogens is 2. The molecule has 5 rings (SSSR count). The summed E-state index contributed by atoms with van der Waals surface area (Å²) in [5.74, 6) is 0.537. The highest BCUT2D eigenvalue weighted by Crippen LogP contribution is 2.44. The van der Waals surface area contributed by atoms with Crippen LogP contribution in [0, 0.1) is 24.0 Å². The number of pyridine rings is 1. The molecule has 0 aliphatic carbocycles. The largest absolute Gasteiger partial charge is 0.495 e. The van der Waals surface area contributed by atoms with E-state index in [1.54, 1.807) is 19.4 Å². The number of nitro benzene ring substituents is 1. The van der Waals surface area contributed by atoms with Gasteiger partial charge in [0.05, 0.1) is 35.5 Å². The Hall–Kier alpha value is -3.95. The number of thiocarbonyl (C=S) groups is 1. The van der Waals surface area contributed by atoms with Gasteiger partial charge in [-0.15, -0.1) is 0 Å². The lowest BCUT2D eigenvalue weighted by Gasteiger charge is -2.28. The number of benzene rings is 2. The molecular formula is C27H24ClN5O3S. The van der Waals surface area contributed by atoms with Gasteiger partial charge in [0.2, 0.25) is 0 Å². The molecule has 0 unspecified atom stereocenters. The van der Waals surface area contributed by atoms with Crippen LogP contribution in [0.4, 0.5) is 11.4 Å². The summed E-state index contributed by atoms with van der Waals surface area (Å²) in [7, 11) is 1.55. The number of ether oxygens (including phenoxy) is 1. The lowest BCUT2D eigenvalue weighted by molar-refractivity contribution is -0.384. The van der Waals surface area contributed by atoms with Gasteiger partial charge in [-0.05, 0) is 80.2 Å². The van der Waals surface area contributed by atoms with Crippen molar-refractivity contribution < 1.29 is 9.66 Å². The second-order valence-corrected chi connectivity index (χ2v) is 9.57. The van der Waals surface area contributed by atoms with Gasteiger partial charge in [-0.25, -0.2) is 0 Å². The Bertz CT molecular complexity index is 1490. The minimum Gasteiger partial charge on any atom is -0.495 e. The van der Waals surface area contributed by atoms with Crippen molar-refractivity contribution in [2.24, 2.45) is 0 Å². The molecule has 1 fully saturated rings. The summed E-state index contributed by atoms with van der Waals surface area (Å²) >= 11 is 12.0. The smallest absolute Gasteiger partial charge is 0.271 e. The molecule has 37 heavy (non-hydrogen) atoms. The van der Waals surface area contributed by atoms with Crippen LogP contribution < -0.4 is 15.0 Å². The summed E-state index contributed by atoms with van der Waals surface area (Å²) in [4.78, 5) is 17.8. The van der Waals surface area contributed by atoms with Crippen molar-refractivity contribution in [3.63, 3.8) is 0 Å². The molecule has 188 valence electrons. The molecule has 0 amide bonds. The van der Waals surface area contributed by atoms with E-state index < -0.39 is 4.92 Å². The van der Waals surface area contributed by atoms with E-state index in [9.17, 15) is 10.1 Å². The average Bonchev–Trinajstić information content (AvgIpc) is 3.39. The van der Waals surface area contributed by atoms with Gasteiger partial charge in [0, 0.05) is 40.4 Å². The number of nitrogens with zero attached hydrogens (tertiary/aromatic N) is 4. The van der Waals surface area contributed by atoms with Crippen LogP contribution >= 0.6 is 23.8 Å². The first kappa shape index (κ1) is 24.7. The summed E-state index contributed by atoms with van der Waals surface area (Å²) in [5, 5.41) is 16.2. The third kappa shape index (κ3) is 4.41. The van der Waals surface area contributed by atoms with Gasteiger partial charge in [0.15, 0.2) is 5.11 Å². The van der Waals surface area contributed by atoms with Crippen molar-refractivity contribution in [3.05, 3.63) is 111 Å². The number of hydrogen-bond acceptors (Lipinski definition) is 5. The maximum absolute atomic E-state index is 11.5. The Morgan fingerprint density at radius 2 is 1.86 bits per heavy atom. The predicted molar refractivity (Wildman–Crippen MR) is 148 cm³/mol. The second kappa shape index (κ2) is 9.84. The van der Waals surface area contributed by atoms with Gasteiger partial charge >= 0.3 is 0 Å². The maximum atomic E-state index is 11.5. The number of hydrogen-bond donors (Lipinski definition) is 1. The lowest BCUT2D eigenvalue weighted by atomic mass is 9.96. The number of nitrogens with one attached hydrogen (secondary N) is 1. The molecule has 0 radical (unpaired) electrons. The number of methoxy groups -OCH3 is 1. The third-order valence-electron chi connectivity index (χ3n) is 6.61. The zero-order valence-electron chi connectivity index (χ0n) is 20.4. The first-order chi connectivity index (χ1) is 17.8. The monoisotopic (exact) mass is 533 g/mol. The molecule has 1 N–H and O–H groups in total. The zero-order valence-corrected chi connectivity index (χ0v) is 22.0. The third-order valence-corrected chi connectivity index (χ3v) is 7.17. The molecule has 0 spiro atoms. The Kier molecular flexibility index (Phi) is 6.57. The van der Waals surface area contributed by atoms with E-state index in [1.165, 1.54) is 12.1 Å². The summed E-state index contributed by atoms with van der Waals surface area (Å²) in [6.45, 7) is 3.97. The van der Waals surface area contributed by atoms with Crippen LogP contribution in [0.25, 0.3) is 5.69 Å². The standard InChI is InChI=1S/C27H24ClN5O3S/c1-16-14-21(17(2)31(16)23-15-20(33(34)35)11-12-24(23)36-3)26-25(22-6-4-5-13-29-22)30-27(37)32(26)19-9-7-18(28)8-10-19/h4-15,25-26H,1-3H3,(H,30,37)/t25-,26+/m0/s1. The van der Waals surface area contributed by atoms with Crippen LogP contribution in [-0.4, -0.2) is 26.7 Å². The normalized spacial score (nSPS) is 17.1. The Labute approximate surface area is 224 Å². The molecule has 10 heteroatoms. The van der Waals surface area contributed by atoms with E-state index >= 15 is 0 Å². The van der Waals surface area contributed by atoms with E-state index in [2.05, 4.69) is 21.3 Å². The molecule has 2 aromatic carbocycles. The lowest BCUT2D eigenvalue weighted by Crippen LogP contribution is -2.29. The molecule has 2 aromatic heterocycles. The van der Waals surface area contributed by atoms with Gasteiger partial charge in [-0.1, -0.05) is 17.7 Å². The van der Waals surface area contributed by atoms with Gasteiger partial charge in [0.1, 0.15) is 5.75 Å². The fourth-order valence-corrected chi connectivity index (χ4v) is 5.45. The highest BCUT2D eigenvalue weighted by atomic mass is 35.5. The minimum absolute atomic E-state index is 0.0114. The predicted octanol–water partition coefficient (Wildman–Crippen LogP) is 6.24. The van der Waals surface area contributed by atoms with Crippen LogP contribution in [-0.2, 0) is 0 Å². The minimum atomic E-state index is -0.406. The Morgan fingerprint density at radius 1 is 1.11 bits per heavy atom. The van der Waals surface area contributed by atoms with Crippen molar-refractivity contribution in [2.75, 3.05) is 12.0 Å². The number of nitro groups is 1. The number of aryl methyl sites for hydroxylation is 1. The van der Waals surface area contributed by atoms with Gasteiger partial charge < -0.3 is 19.5 Å². The fourth-order valence-electron chi connectivity index (χ4n) is 4.98. The molecule has 0 bridgehead atoms. The number of halogens is 1. The topological polar surface area (TPSA) is 85.5 Å². The molecule has 1 aliphatic rings. The van der Waals surface area contributed by atoms with Crippen LogP contribution in [0.3, 0.4) is 0 Å². The number of rotatable bonds is 6. The molecule has 1 aliphatic heterocycles. The van der Waals surface area contributed by atoms with E-state index in [0.29, 0.717) is 21.6 Å². The second-order valence-electron chi connectivity index (χ2n) is 8.75. The van der Waals surface area contributed by atoms with Crippen molar-refractivity contribution in [2.45, 2.75) is 25.9 Å². The molecule has 8 nitrogen and oxygen atoms in total. The van der Waals surface area contributed by atoms with Crippen molar-refractivity contribution in [1.29, 1.82) is 0 Å². The molecular weight excluding hydrogens is 510 g/mol. The van der Waals surface area contributed by atoms with Crippen LogP contribution in [0.1, 0.15) is 34.7 Å². The SMILES string of the molecule is COc1ccc([N+](=O)[O-])cc1-n1c(C)cc([C@@H]2[C@H](c3ccccn3)NC(=S)N2c2ccc(Cl)cc2)c1C.